The van der Waals surface area contributed by atoms with Gasteiger partial charge in [0, 0.05) is 16.0 Å². The van der Waals surface area contributed by atoms with Gasteiger partial charge in [-0.05, 0) is 98.3 Å². The van der Waals surface area contributed by atoms with Crippen LogP contribution in [0.15, 0.2) is 18.3 Å². The maximum atomic E-state index is 13.4. The molecular formula is C37H47N3O6S2. The molecule has 0 bridgehead atoms. The number of anilines is 2. The van der Waals surface area contributed by atoms with Crippen molar-refractivity contribution in [3.8, 4) is 0 Å². The first kappa shape index (κ1) is 35.7. The number of pyridine rings is 1. The van der Waals surface area contributed by atoms with E-state index in [0.717, 1.165) is 59.4 Å². The maximum Gasteiger partial charge on any atom is 0.341 e. The highest BCUT2D eigenvalue weighted by Crippen LogP contribution is 2.46. The zero-order valence-corrected chi connectivity index (χ0v) is 30.9. The van der Waals surface area contributed by atoms with Crippen LogP contribution in [0.25, 0.3) is 0 Å². The molecule has 48 heavy (non-hydrogen) atoms. The number of nitrogens with one attached hydrogen (secondary N) is 2. The van der Waals surface area contributed by atoms with E-state index < -0.39 is 23.8 Å². The number of amides is 2. The molecule has 0 aromatic carbocycles. The summed E-state index contributed by atoms with van der Waals surface area (Å²) >= 11 is 2.86. The van der Waals surface area contributed by atoms with Crippen LogP contribution < -0.4 is 10.6 Å². The van der Waals surface area contributed by atoms with Crippen molar-refractivity contribution in [3.05, 3.63) is 61.6 Å². The van der Waals surface area contributed by atoms with Crippen molar-refractivity contribution < 1.29 is 28.7 Å². The Balaban J connectivity index is 1.34. The Kier molecular flexibility index (Phi) is 10.5. The number of aromatic nitrogens is 1. The zero-order valence-electron chi connectivity index (χ0n) is 29.3. The molecule has 9 nitrogen and oxygen atoms in total. The summed E-state index contributed by atoms with van der Waals surface area (Å²) < 4.78 is 10.8. The fraction of sp³-hybridized carbons (Fsp3) is 0.541. The summed E-state index contributed by atoms with van der Waals surface area (Å²) in [7, 11) is 0. The second-order valence-electron chi connectivity index (χ2n) is 14.8. The van der Waals surface area contributed by atoms with Gasteiger partial charge in [0.1, 0.15) is 15.7 Å². The molecule has 0 saturated heterocycles. The first-order chi connectivity index (χ1) is 22.6. The number of nitrogens with zero attached hydrogens (tertiary/aromatic N) is 1. The number of ether oxygens (including phenoxy) is 2. The molecule has 0 saturated carbocycles. The molecule has 0 unspecified atom stereocenters. The molecule has 0 fully saturated rings. The molecule has 0 spiro atoms. The highest BCUT2D eigenvalue weighted by atomic mass is 32.1. The van der Waals surface area contributed by atoms with Crippen LogP contribution in [-0.4, -0.2) is 42.0 Å². The second-order valence-corrected chi connectivity index (χ2v) is 17.0. The number of carbonyl (C=O) groups excluding carboxylic acids is 4. The quantitative estimate of drug-likeness (QED) is 0.227. The van der Waals surface area contributed by atoms with Crippen molar-refractivity contribution >= 4 is 56.4 Å². The number of carbonyl (C=O) groups is 4. The van der Waals surface area contributed by atoms with E-state index in [-0.39, 0.29) is 35.3 Å². The number of hydrogen-bond acceptors (Lipinski definition) is 9. The maximum absolute atomic E-state index is 13.4. The Morgan fingerprint density at radius 1 is 0.750 bits per heavy atom. The van der Waals surface area contributed by atoms with Gasteiger partial charge in [0.2, 0.25) is 0 Å². The lowest BCUT2D eigenvalue weighted by Gasteiger charge is -2.33. The Morgan fingerprint density at radius 2 is 1.21 bits per heavy atom. The predicted octanol–water partition coefficient (Wildman–Crippen LogP) is 8.36. The summed E-state index contributed by atoms with van der Waals surface area (Å²) in [6.45, 7) is 17.4. The Hall–Kier alpha value is -3.57. The third-order valence-corrected chi connectivity index (χ3v) is 12.0. The third-order valence-electron chi connectivity index (χ3n) is 9.65. The van der Waals surface area contributed by atoms with Gasteiger partial charge < -0.3 is 20.1 Å². The summed E-state index contributed by atoms with van der Waals surface area (Å²) in [4.78, 5) is 59.4. The number of thiophene rings is 2. The van der Waals surface area contributed by atoms with Crippen LogP contribution in [0.4, 0.5) is 10.0 Å². The number of fused-ring (bicyclic) bond motifs is 2. The molecule has 2 aliphatic rings. The SMILES string of the molecule is CCOC(=O)c1c(NC(=O)c2ccc(C(=O)Nc3sc4c(c3C(=O)OCC)CC[C@H](C(C)(C)C)C4)nc2)sc2c1CC[C@@H](C(C)(C)C)C2. The Bertz CT molecular complexity index is 1580. The molecule has 3 heterocycles. The molecule has 3 aromatic heterocycles. The van der Waals surface area contributed by atoms with E-state index in [0.29, 0.717) is 33.0 Å². The minimum atomic E-state index is -0.484. The molecule has 11 heteroatoms. The highest BCUT2D eigenvalue weighted by Gasteiger charge is 2.36. The van der Waals surface area contributed by atoms with Gasteiger partial charge in [-0.2, -0.15) is 0 Å². The van der Waals surface area contributed by atoms with Gasteiger partial charge in [0.15, 0.2) is 0 Å². The summed E-state index contributed by atoms with van der Waals surface area (Å²) in [5.41, 5.74) is 3.40. The minimum absolute atomic E-state index is 0.104. The van der Waals surface area contributed by atoms with Crippen LogP contribution in [0.2, 0.25) is 0 Å². The molecule has 258 valence electrons. The molecule has 5 rings (SSSR count). The molecule has 0 aliphatic heterocycles. The molecule has 2 atom stereocenters. The fourth-order valence-corrected chi connectivity index (χ4v) is 9.29. The van der Waals surface area contributed by atoms with E-state index in [9.17, 15) is 19.2 Å². The zero-order chi connectivity index (χ0) is 35.0. The van der Waals surface area contributed by atoms with Gasteiger partial charge >= 0.3 is 11.9 Å². The third kappa shape index (κ3) is 7.52. The van der Waals surface area contributed by atoms with E-state index in [1.807, 2.05) is 0 Å². The van der Waals surface area contributed by atoms with Gasteiger partial charge in [0.25, 0.3) is 11.8 Å². The van der Waals surface area contributed by atoms with Crippen LogP contribution in [0.3, 0.4) is 0 Å². The van der Waals surface area contributed by atoms with Crippen molar-refractivity contribution in [1.29, 1.82) is 0 Å². The van der Waals surface area contributed by atoms with Gasteiger partial charge in [-0.25, -0.2) is 9.59 Å². The van der Waals surface area contributed by atoms with E-state index in [4.69, 9.17) is 9.47 Å². The van der Waals surface area contributed by atoms with Crippen molar-refractivity contribution in [2.75, 3.05) is 23.8 Å². The van der Waals surface area contributed by atoms with Gasteiger partial charge in [-0.15, -0.1) is 22.7 Å². The van der Waals surface area contributed by atoms with E-state index in [1.165, 1.54) is 41.0 Å². The van der Waals surface area contributed by atoms with Crippen LogP contribution >= 0.6 is 22.7 Å². The van der Waals surface area contributed by atoms with Crippen LogP contribution in [-0.2, 0) is 35.2 Å². The van der Waals surface area contributed by atoms with Crippen LogP contribution in [0.1, 0.15) is 131 Å². The molecule has 2 N–H and O–H groups in total. The lowest BCUT2D eigenvalue weighted by Crippen LogP contribution is -2.26. The molecule has 3 aromatic rings. The largest absolute Gasteiger partial charge is 0.462 e. The summed E-state index contributed by atoms with van der Waals surface area (Å²) in [5.74, 6) is -0.853. The average Bonchev–Trinajstić information content (AvgIpc) is 3.57. The second kappa shape index (κ2) is 14.1. The van der Waals surface area contributed by atoms with Gasteiger partial charge in [-0.1, -0.05) is 41.5 Å². The standard InChI is InChI=1S/C37H47N3O6S2/c1-9-45-34(43)28-23-14-12-21(36(3,4)5)17-26(23)47-32(28)39-30(41)20-11-16-25(38-19-20)31(42)40-33-29(35(44)46-10-2)24-15-13-22(37(6,7)8)18-27(24)48-33/h11,16,19,21-22H,9-10,12-15,17-18H2,1-8H3,(H,39,41)(H,40,42)/t21-,22+/m1/s1. The topological polar surface area (TPSA) is 124 Å². The normalized spacial score (nSPS) is 17.6. The van der Waals surface area contributed by atoms with E-state index in [2.05, 4.69) is 57.2 Å². The smallest absolute Gasteiger partial charge is 0.341 e. The van der Waals surface area contributed by atoms with Gasteiger partial charge in [-0.3, -0.25) is 14.6 Å². The average molecular weight is 694 g/mol. The van der Waals surface area contributed by atoms with Crippen LogP contribution in [0.5, 0.6) is 0 Å². The van der Waals surface area contributed by atoms with Gasteiger partial charge in [0.05, 0.1) is 29.9 Å². The molecule has 0 radical (unpaired) electrons. The van der Waals surface area contributed by atoms with Crippen molar-refractivity contribution in [1.82, 2.24) is 4.98 Å². The lowest BCUT2D eigenvalue weighted by molar-refractivity contribution is 0.0516. The monoisotopic (exact) mass is 693 g/mol. The first-order valence-corrected chi connectivity index (χ1v) is 18.5. The number of esters is 2. The summed E-state index contributed by atoms with van der Waals surface area (Å²) in [6, 6.07) is 3.02. The van der Waals surface area contributed by atoms with Crippen molar-refractivity contribution in [3.63, 3.8) is 0 Å². The van der Waals surface area contributed by atoms with E-state index >= 15 is 0 Å². The highest BCUT2D eigenvalue weighted by molar-refractivity contribution is 7.17. The minimum Gasteiger partial charge on any atom is -0.462 e. The number of hydrogen-bond donors (Lipinski definition) is 2. The first-order valence-electron chi connectivity index (χ1n) is 16.8. The molecule has 2 amide bonds. The number of rotatable bonds is 8. The molecular weight excluding hydrogens is 647 g/mol. The molecule has 2 aliphatic carbocycles. The lowest BCUT2D eigenvalue weighted by atomic mass is 9.72. The Labute approximate surface area is 291 Å². The van der Waals surface area contributed by atoms with E-state index in [1.54, 1.807) is 13.8 Å². The Morgan fingerprint density at radius 3 is 1.60 bits per heavy atom. The summed E-state index contributed by atoms with van der Waals surface area (Å²) in [5, 5.41) is 6.77. The van der Waals surface area contributed by atoms with Crippen LogP contribution in [0, 0.1) is 22.7 Å². The predicted molar refractivity (Wildman–Crippen MR) is 191 cm³/mol. The van der Waals surface area contributed by atoms with Crippen molar-refractivity contribution in [2.45, 2.75) is 93.9 Å². The summed E-state index contributed by atoms with van der Waals surface area (Å²) in [6.07, 6.45) is 6.47. The fourth-order valence-electron chi connectivity index (χ4n) is 6.67. The van der Waals surface area contributed by atoms with Crippen molar-refractivity contribution in [2.24, 2.45) is 22.7 Å².